The Labute approximate surface area is 76.7 Å². The van der Waals surface area contributed by atoms with Gasteiger partial charge in [0.25, 0.3) is 0 Å². The average molecular weight is 210 g/mol. The van der Waals surface area contributed by atoms with Crippen LogP contribution in [0, 0.1) is 0 Å². The molecule has 1 aromatic rings. The second-order valence-corrected chi connectivity index (χ2v) is 2.43. The van der Waals surface area contributed by atoms with Gasteiger partial charge in [0.05, 0.1) is 0 Å². The van der Waals surface area contributed by atoms with E-state index >= 15 is 0 Å². The molecule has 1 rings (SSSR count). The molecular formula is C8H6F4O2. The zero-order chi connectivity index (χ0) is 10.8. The first kappa shape index (κ1) is 10.6. The third-order valence-electron chi connectivity index (χ3n) is 1.37. The van der Waals surface area contributed by atoms with Crippen molar-refractivity contribution < 1.29 is 27.4 Å². The van der Waals surface area contributed by atoms with E-state index in [0.717, 1.165) is 12.1 Å². The molecular weight excluding hydrogens is 204 g/mol. The fourth-order valence-corrected chi connectivity index (χ4v) is 0.735. The average Bonchev–Trinajstić information content (AvgIpc) is 2.08. The number of phenolic OH excluding ortho intramolecular Hbond substituents is 1. The van der Waals surface area contributed by atoms with Crippen molar-refractivity contribution in [3.05, 3.63) is 24.3 Å². The zero-order valence-corrected chi connectivity index (χ0v) is 6.75. The van der Waals surface area contributed by atoms with E-state index in [0.29, 0.717) is 0 Å². The van der Waals surface area contributed by atoms with Crippen LogP contribution in [0.15, 0.2) is 24.3 Å². The predicted octanol–water partition coefficient (Wildman–Crippen LogP) is 2.63. The lowest BCUT2D eigenvalue weighted by Crippen LogP contribution is -2.33. The van der Waals surface area contributed by atoms with Crippen molar-refractivity contribution in [2.24, 2.45) is 0 Å². The fourth-order valence-electron chi connectivity index (χ4n) is 0.735. The van der Waals surface area contributed by atoms with Gasteiger partial charge in [0.1, 0.15) is 0 Å². The van der Waals surface area contributed by atoms with Crippen molar-refractivity contribution in [1.82, 2.24) is 0 Å². The summed E-state index contributed by atoms with van der Waals surface area (Å²) in [5.41, 5.74) is 0. The summed E-state index contributed by atoms with van der Waals surface area (Å²) in [6, 6.07) is 4.64. The van der Waals surface area contributed by atoms with Gasteiger partial charge in [-0.05, 0) is 12.1 Å². The molecule has 14 heavy (non-hydrogen) atoms. The summed E-state index contributed by atoms with van der Waals surface area (Å²) < 4.78 is 51.7. The normalized spacial score (nSPS) is 11.8. The summed E-state index contributed by atoms with van der Waals surface area (Å²) in [5.74, 6) is -1.30. The molecule has 0 heterocycles. The quantitative estimate of drug-likeness (QED) is 0.777. The van der Waals surface area contributed by atoms with Gasteiger partial charge in [0.2, 0.25) is 0 Å². The topological polar surface area (TPSA) is 29.5 Å². The van der Waals surface area contributed by atoms with E-state index < -0.39 is 24.0 Å². The molecule has 0 amide bonds. The van der Waals surface area contributed by atoms with Crippen LogP contribution in [0.25, 0.3) is 0 Å². The van der Waals surface area contributed by atoms with E-state index in [1.807, 2.05) is 0 Å². The van der Waals surface area contributed by atoms with Crippen LogP contribution in [-0.4, -0.2) is 17.6 Å². The summed E-state index contributed by atoms with van der Waals surface area (Å²) >= 11 is 0. The number of phenols is 1. The Morgan fingerprint density at radius 3 is 2.29 bits per heavy atom. The number of aromatic hydroxyl groups is 1. The molecule has 6 heteroatoms. The molecule has 0 unspecified atom stereocenters. The Morgan fingerprint density at radius 1 is 1.21 bits per heavy atom. The highest BCUT2D eigenvalue weighted by Crippen LogP contribution is 2.32. The first-order valence-corrected chi connectivity index (χ1v) is 3.56. The van der Waals surface area contributed by atoms with Crippen LogP contribution < -0.4 is 4.74 Å². The summed E-state index contributed by atoms with van der Waals surface area (Å²) in [6.45, 7) is 0. The standard InChI is InChI=1S/C8H6F4O2/c9-7(10)8(11,12)14-6-4-2-1-3-5(6)13/h1-4,7,13H. The Bertz CT molecular complexity index is 314. The summed E-state index contributed by atoms with van der Waals surface area (Å²) in [6.07, 6.45) is -8.54. The van der Waals surface area contributed by atoms with Gasteiger partial charge in [-0.15, -0.1) is 0 Å². The summed E-state index contributed by atoms with van der Waals surface area (Å²) in [7, 11) is 0. The highest BCUT2D eigenvalue weighted by molar-refractivity contribution is 5.38. The number of ether oxygens (including phenoxy) is 1. The second kappa shape index (κ2) is 3.73. The molecule has 0 aliphatic rings. The van der Waals surface area contributed by atoms with Crippen molar-refractivity contribution in [2.75, 3.05) is 0 Å². The molecule has 2 nitrogen and oxygen atoms in total. The van der Waals surface area contributed by atoms with Gasteiger partial charge in [-0.2, -0.15) is 17.6 Å². The number of rotatable bonds is 3. The maximum absolute atomic E-state index is 12.3. The Balaban J connectivity index is 2.84. The molecule has 0 aromatic heterocycles. The van der Waals surface area contributed by atoms with Crippen LogP contribution in [0.4, 0.5) is 17.6 Å². The van der Waals surface area contributed by atoms with Gasteiger partial charge >= 0.3 is 12.5 Å². The largest absolute Gasteiger partial charge is 0.504 e. The lowest BCUT2D eigenvalue weighted by atomic mass is 10.3. The van der Waals surface area contributed by atoms with Crippen LogP contribution in [-0.2, 0) is 0 Å². The molecule has 0 atom stereocenters. The maximum Gasteiger partial charge on any atom is 0.461 e. The second-order valence-electron chi connectivity index (χ2n) is 2.43. The first-order valence-electron chi connectivity index (χ1n) is 3.56. The van der Waals surface area contributed by atoms with Crippen molar-refractivity contribution in [3.8, 4) is 11.5 Å². The minimum absolute atomic E-state index is 0.618. The third kappa shape index (κ3) is 2.27. The van der Waals surface area contributed by atoms with Crippen molar-refractivity contribution in [2.45, 2.75) is 12.5 Å². The number of hydrogen-bond donors (Lipinski definition) is 1. The van der Waals surface area contributed by atoms with Crippen molar-refractivity contribution >= 4 is 0 Å². The van der Waals surface area contributed by atoms with Crippen molar-refractivity contribution in [3.63, 3.8) is 0 Å². The number of halogens is 4. The molecule has 0 spiro atoms. The number of para-hydroxylation sites is 2. The number of alkyl halides is 4. The lowest BCUT2D eigenvalue weighted by Gasteiger charge is -2.17. The number of benzene rings is 1. The van der Waals surface area contributed by atoms with Gasteiger partial charge in [0.15, 0.2) is 11.5 Å². The molecule has 78 valence electrons. The van der Waals surface area contributed by atoms with Gasteiger partial charge in [0, 0.05) is 0 Å². The molecule has 0 fully saturated rings. The van der Waals surface area contributed by atoms with Gasteiger partial charge in [-0.1, -0.05) is 12.1 Å². The van der Waals surface area contributed by atoms with E-state index in [2.05, 4.69) is 4.74 Å². The lowest BCUT2D eigenvalue weighted by molar-refractivity contribution is -0.253. The fraction of sp³-hybridized carbons (Fsp3) is 0.250. The van der Waals surface area contributed by atoms with Crippen LogP contribution >= 0.6 is 0 Å². The van der Waals surface area contributed by atoms with Crippen molar-refractivity contribution in [1.29, 1.82) is 0 Å². The molecule has 0 saturated heterocycles. The van der Waals surface area contributed by atoms with Crippen LogP contribution in [0.3, 0.4) is 0 Å². The van der Waals surface area contributed by atoms with Crippen LogP contribution in [0.5, 0.6) is 11.5 Å². The molecule has 1 aromatic carbocycles. The smallest absolute Gasteiger partial charge is 0.461 e. The molecule has 0 aliphatic heterocycles. The highest BCUT2D eigenvalue weighted by atomic mass is 19.3. The number of hydrogen-bond acceptors (Lipinski definition) is 2. The Hall–Kier alpha value is -1.46. The predicted molar refractivity (Wildman–Crippen MR) is 39.7 cm³/mol. The minimum Gasteiger partial charge on any atom is -0.504 e. The summed E-state index contributed by atoms with van der Waals surface area (Å²) in [4.78, 5) is 0. The molecule has 0 aliphatic carbocycles. The van der Waals surface area contributed by atoms with Gasteiger partial charge < -0.3 is 9.84 Å². The molecule has 1 N–H and O–H groups in total. The monoisotopic (exact) mass is 210 g/mol. The Kier molecular flexibility index (Phi) is 2.83. The van der Waals surface area contributed by atoms with Crippen LogP contribution in [0.2, 0.25) is 0 Å². The van der Waals surface area contributed by atoms with Gasteiger partial charge in [-0.3, -0.25) is 0 Å². The Morgan fingerprint density at radius 2 is 1.79 bits per heavy atom. The molecule has 0 saturated carbocycles. The maximum atomic E-state index is 12.3. The SMILES string of the molecule is Oc1ccccc1OC(F)(F)C(F)F. The highest BCUT2D eigenvalue weighted by Gasteiger charge is 2.44. The first-order chi connectivity index (χ1) is 6.43. The van der Waals surface area contributed by atoms with E-state index in [9.17, 15) is 17.6 Å². The zero-order valence-electron chi connectivity index (χ0n) is 6.75. The summed E-state index contributed by atoms with van der Waals surface area (Å²) in [5, 5.41) is 8.95. The van der Waals surface area contributed by atoms with E-state index in [1.54, 1.807) is 0 Å². The molecule has 0 bridgehead atoms. The molecule has 0 radical (unpaired) electrons. The van der Waals surface area contributed by atoms with E-state index in [1.165, 1.54) is 12.1 Å². The van der Waals surface area contributed by atoms with Gasteiger partial charge in [-0.25, -0.2) is 0 Å². The van der Waals surface area contributed by atoms with E-state index in [-0.39, 0.29) is 0 Å². The minimum atomic E-state index is -4.60. The third-order valence-corrected chi connectivity index (χ3v) is 1.37. The van der Waals surface area contributed by atoms with Crippen LogP contribution in [0.1, 0.15) is 0 Å². The van der Waals surface area contributed by atoms with E-state index in [4.69, 9.17) is 5.11 Å².